The number of anilines is 1. The van der Waals surface area contributed by atoms with Crippen molar-refractivity contribution in [1.29, 1.82) is 0 Å². The Labute approximate surface area is 206 Å². The molecule has 0 fully saturated rings. The zero-order valence-electron chi connectivity index (χ0n) is 19.3. The van der Waals surface area contributed by atoms with Crippen LogP contribution >= 0.6 is 35.3 Å². The largest absolute Gasteiger partial charge is 0.492 e. The van der Waals surface area contributed by atoms with Crippen molar-refractivity contribution in [3.8, 4) is 5.75 Å². The van der Waals surface area contributed by atoms with Crippen LogP contribution in [0.15, 0.2) is 44.4 Å². The van der Waals surface area contributed by atoms with Gasteiger partial charge in [0.05, 0.1) is 36.6 Å². The van der Waals surface area contributed by atoms with Gasteiger partial charge in [0.1, 0.15) is 14.7 Å². The Morgan fingerprint density at radius 2 is 1.73 bits per heavy atom. The van der Waals surface area contributed by atoms with Crippen molar-refractivity contribution >= 4 is 58.5 Å². The molecule has 3 aliphatic heterocycles. The molecule has 1 spiro atoms. The van der Waals surface area contributed by atoms with E-state index >= 15 is 0 Å². The first kappa shape index (κ1) is 24.2. The van der Waals surface area contributed by atoms with Crippen LogP contribution in [-0.2, 0) is 19.1 Å². The van der Waals surface area contributed by atoms with Gasteiger partial charge in [-0.3, -0.25) is 0 Å². The molecule has 176 valence electrons. The van der Waals surface area contributed by atoms with Gasteiger partial charge in [0.2, 0.25) is 0 Å². The van der Waals surface area contributed by atoms with E-state index in [4.69, 9.17) is 14.2 Å². The summed E-state index contributed by atoms with van der Waals surface area (Å²) in [5.41, 5.74) is 2.93. The summed E-state index contributed by atoms with van der Waals surface area (Å²) in [6, 6.07) is 5.94. The molecule has 4 rings (SSSR count). The lowest BCUT2D eigenvalue weighted by molar-refractivity contribution is -0.139. The van der Waals surface area contributed by atoms with Crippen LogP contribution in [0.5, 0.6) is 5.75 Å². The Bertz CT molecular complexity index is 1090. The lowest BCUT2D eigenvalue weighted by atomic mass is 9.85. The highest BCUT2D eigenvalue weighted by Crippen LogP contribution is 2.67. The minimum Gasteiger partial charge on any atom is -0.492 e. The van der Waals surface area contributed by atoms with Gasteiger partial charge in [-0.05, 0) is 51.5 Å². The minimum absolute atomic E-state index is 0.272. The molecule has 0 bridgehead atoms. The number of carbonyl (C=O) groups excluding carboxylic acids is 2. The zero-order valence-corrected chi connectivity index (χ0v) is 21.7. The molecule has 3 aliphatic rings. The van der Waals surface area contributed by atoms with Crippen LogP contribution < -0.4 is 10.1 Å². The van der Waals surface area contributed by atoms with Gasteiger partial charge >= 0.3 is 11.9 Å². The smallest absolute Gasteiger partial charge is 0.345 e. The second-order valence-electron chi connectivity index (χ2n) is 7.97. The predicted octanol–water partition coefficient (Wildman–Crippen LogP) is 5.78. The van der Waals surface area contributed by atoms with Crippen LogP contribution in [0.25, 0.3) is 5.57 Å². The van der Waals surface area contributed by atoms with Crippen molar-refractivity contribution in [2.75, 3.05) is 25.1 Å². The fraction of sp³-hybridized carbons (Fsp3) is 0.417. The summed E-state index contributed by atoms with van der Waals surface area (Å²) in [5, 5.41) is 7.32. The molecule has 1 N–H and O–H groups in total. The highest BCUT2D eigenvalue weighted by Gasteiger charge is 2.55. The van der Waals surface area contributed by atoms with Crippen LogP contribution in [0.4, 0.5) is 5.69 Å². The minimum atomic E-state index is -0.867. The van der Waals surface area contributed by atoms with Crippen molar-refractivity contribution < 1.29 is 23.8 Å². The molecule has 9 heteroatoms. The summed E-state index contributed by atoms with van der Waals surface area (Å²) in [6.45, 7) is 10.9. The number of fused-ring (bicyclic) bond motifs is 3. The van der Waals surface area contributed by atoms with Crippen molar-refractivity contribution in [3.63, 3.8) is 0 Å². The molecule has 0 amide bonds. The van der Waals surface area contributed by atoms with Gasteiger partial charge < -0.3 is 19.5 Å². The van der Waals surface area contributed by atoms with Crippen molar-refractivity contribution in [3.05, 3.63) is 50.0 Å². The Balaban J connectivity index is 1.91. The van der Waals surface area contributed by atoms with E-state index in [1.165, 1.54) is 35.3 Å². The van der Waals surface area contributed by atoms with Gasteiger partial charge in [0.25, 0.3) is 0 Å². The van der Waals surface area contributed by atoms with Crippen LogP contribution in [-0.4, -0.2) is 41.4 Å². The van der Waals surface area contributed by atoms with Gasteiger partial charge in [0.15, 0.2) is 0 Å². The molecule has 0 radical (unpaired) electrons. The summed E-state index contributed by atoms with van der Waals surface area (Å²) in [4.78, 5) is 27.4. The van der Waals surface area contributed by atoms with Crippen molar-refractivity contribution in [2.24, 2.45) is 0 Å². The molecule has 1 unspecified atom stereocenters. The van der Waals surface area contributed by atoms with E-state index in [0.29, 0.717) is 17.1 Å². The first-order valence-electron chi connectivity index (χ1n) is 10.9. The number of para-hydroxylation sites is 1. The summed E-state index contributed by atoms with van der Waals surface area (Å²) >= 11 is 4.33. The summed E-state index contributed by atoms with van der Waals surface area (Å²) in [5.74, 6) is -0.00515. The highest BCUT2D eigenvalue weighted by molar-refractivity contribution is 8.25. The standard InChI is InChI=1S/C24H27NO5S3/c1-6-28-16-11-9-10-14-18-20(23(4,5)25-19(14)16)31-12-15(21(26)29-7-2)24(18)32-13-17(33-24)22(27)30-8-3/h9-13,25H,6-8H2,1-5H3. The van der Waals surface area contributed by atoms with E-state index < -0.39 is 9.62 Å². The average Bonchev–Trinajstić information content (AvgIpc) is 3.20. The number of benzene rings is 1. The van der Waals surface area contributed by atoms with Gasteiger partial charge in [-0.15, -0.1) is 11.8 Å². The number of thioether (sulfide) groups is 3. The maximum Gasteiger partial charge on any atom is 0.345 e. The van der Waals surface area contributed by atoms with Gasteiger partial charge in [0, 0.05) is 16.0 Å². The maximum absolute atomic E-state index is 13.1. The summed E-state index contributed by atoms with van der Waals surface area (Å²) < 4.78 is 15.8. The van der Waals surface area contributed by atoms with E-state index in [2.05, 4.69) is 19.2 Å². The number of rotatable bonds is 6. The fourth-order valence-corrected chi connectivity index (χ4v) is 8.51. The Hall–Kier alpha value is -1.97. The number of esters is 2. The molecule has 33 heavy (non-hydrogen) atoms. The number of nitrogens with one attached hydrogen (secondary N) is 1. The third kappa shape index (κ3) is 4.08. The quantitative estimate of drug-likeness (QED) is 0.485. The molecule has 1 atom stereocenters. The fourth-order valence-electron chi connectivity index (χ4n) is 4.06. The van der Waals surface area contributed by atoms with Gasteiger partial charge in [-0.1, -0.05) is 35.7 Å². The molecule has 0 saturated heterocycles. The molecule has 6 nitrogen and oxygen atoms in total. The topological polar surface area (TPSA) is 73.9 Å². The Morgan fingerprint density at radius 1 is 1.00 bits per heavy atom. The Morgan fingerprint density at radius 3 is 2.42 bits per heavy atom. The van der Waals surface area contributed by atoms with E-state index in [0.717, 1.165) is 27.5 Å². The first-order valence-corrected chi connectivity index (χ1v) is 13.4. The van der Waals surface area contributed by atoms with Crippen LogP contribution in [0.3, 0.4) is 0 Å². The summed E-state index contributed by atoms with van der Waals surface area (Å²) in [6.07, 6.45) is 0. The molecule has 1 aromatic carbocycles. The molecule has 0 saturated carbocycles. The van der Waals surface area contributed by atoms with Gasteiger partial charge in [-0.2, -0.15) is 0 Å². The monoisotopic (exact) mass is 505 g/mol. The lowest BCUT2D eigenvalue weighted by Gasteiger charge is -2.45. The predicted molar refractivity (Wildman–Crippen MR) is 137 cm³/mol. The van der Waals surface area contributed by atoms with Crippen molar-refractivity contribution in [2.45, 2.75) is 44.2 Å². The SMILES string of the molecule is CCOC(=O)C1=CSC2(S1)C(C(=O)OCC)=CSC1=C2c2cccc(OCC)c2NC1(C)C. The molecule has 1 aromatic rings. The number of hydrogen-bond donors (Lipinski definition) is 1. The van der Waals surface area contributed by atoms with Gasteiger partial charge in [-0.25, -0.2) is 9.59 Å². The first-order chi connectivity index (χ1) is 15.8. The average molecular weight is 506 g/mol. The van der Waals surface area contributed by atoms with E-state index in [9.17, 15) is 9.59 Å². The second kappa shape index (κ2) is 9.35. The van der Waals surface area contributed by atoms with Crippen LogP contribution in [0.1, 0.15) is 40.2 Å². The summed E-state index contributed by atoms with van der Waals surface area (Å²) in [7, 11) is 0. The molecule has 0 aromatic heterocycles. The van der Waals surface area contributed by atoms with Crippen LogP contribution in [0.2, 0.25) is 0 Å². The van der Waals surface area contributed by atoms with Crippen LogP contribution in [0, 0.1) is 0 Å². The highest BCUT2D eigenvalue weighted by atomic mass is 32.2. The third-order valence-corrected chi connectivity index (χ3v) is 9.68. The molecular formula is C24H27NO5S3. The molecule has 3 heterocycles. The normalized spacial score (nSPS) is 22.6. The second-order valence-corrected chi connectivity index (χ2v) is 11.5. The molecule has 0 aliphatic carbocycles. The zero-order chi connectivity index (χ0) is 23.8. The Kier molecular flexibility index (Phi) is 6.85. The molecular weight excluding hydrogens is 478 g/mol. The van der Waals surface area contributed by atoms with E-state index in [-0.39, 0.29) is 25.2 Å². The maximum atomic E-state index is 13.1. The number of carbonyl (C=O) groups is 2. The lowest BCUT2D eigenvalue weighted by Crippen LogP contribution is -2.42. The third-order valence-electron chi connectivity index (χ3n) is 5.36. The number of hydrogen-bond acceptors (Lipinski definition) is 9. The van der Waals surface area contributed by atoms with Crippen molar-refractivity contribution in [1.82, 2.24) is 0 Å². The van der Waals surface area contributed by atoms with E-state index in [1.807, 2.05) is 30.5 Å². The van der Waals surface area contributed by atoms with E-state index in [1.54, 1.807) is 19.3 Å². The number of ether oxygens (including phenoxy) is 3.